The lowest BCUT2D eigenvalue weighted by Gasteiger charge is -2.13. The van der Waals surface area contributed by atoms with Crippen molar-refractivity contribution in [2.24, 2.45) is 0 Å². The molecule has 3 aromatic rings. The Labute approximate surface area is 146 Å². The summed E-state index contributed by atoms with van der Waals surface area (Å²) in [6, 6.07) is 10.3. The van der Waals surface area contributed by atoms with Crippen molar-refractivity contribution < 1.29 is 18.0 Å². The lowest BCUT2D eigenvalue weighted by molar-refractivity contribution is -0.138. The topological polar surface area (TPSA) is 64.0 Å². The third kappa shape index (κ3) is 3.58. The van der Waals surface area contributed by atoms with E-state index in [1.54, 1.807) is 24.3 Å². The van der Waals surface area contributed by atoms with E-state index in [1.807, 2.05) is 0 Å². The summed E-state index contributed by atoms with van der Waals surface area (Å²) < 4.78 is 39.8. The van der Waals surface area contributed by atoms with Gasteiger partial charge < -0.3 is 5.32 Å². The number of benzene rings is 2. The highest BCUT2D eigenvalue weighted by atomic mass is 19.4. The second-order valence-corrected chi connectivity index (χ2v) is 5.77. The average Bonchev–Trinajstić information content (AvgIpc) is 2.58. The molecule has 0 saturated carbocycles. The predicted octanol–water partition coefficient (Wildman–Crippen LogP) is 3.36. The Hall–Kier alpha value is -3.16. The number of halogens is 3. The molecule has 0 unspecified atom stereocenters. The maximum absolute atomic E-state index is 12.9. The van der Waals surface area contributed by atoms with Gasteiger partial charge in [-0.05, 0) is 30.7 Å². The maximum atomic E-state index is 12.9. The van der Waals surface area contributed by atoms with Gasteiger partial charge in [0.2, 0.25) is 5.91 Å². The lowest BCUT2D eigenvalue weighted by atomic mass is 10.1. The number of hydrogen-bond donors (Lipinski definition) is 1. The fraction of sp³-hybridized carbons (Fsp3) is 0.167. The van der Waals surface area contributed by atoms with Gasteiger partial charge in [-0.2, -0.15) is 18.3 Å². The minimum atomic E-state index is -4.51. The van der Waals surface area contributed by atoms with Crippen LogP contribution in [-0.4, -0.2) is 15.7 Å². The maximum Gasteiger partial charge on any atom is 0.416 e. The summed E-state index contributed by atoms with van der Waals surface area (Å²) in [7, 11) is 0. The van der Waals surface area contributed by atoms with Gasteiger partial charge in [0, 0.05) is 11.1 Å². The molecule has 2 aromatic carbocycles. The molecule has 5 nitrogen and oxygen atoms in total. The molecule has 134 valence electrons. The first-order valence-corrected chi connectivity index (χ1v) is 7.68. The van der Waals surface area contributed by atoms with E-state index in [2.05, 4.69) is 10.4 Å². The minimum absolute atomic E-state index is 0.00163. The molecule has 0 spiro atoms. The quantitative estimate of drug-likeness (QED) is 0.778. The summed E-state index contributed by atoms with van der Waals surface area (Å²) in [6.07, 6.45) is -3.06. The summed E-state index contributed by atoms with van der Waals surface area (Å²) in [5.74, 6) is -0.646. The van der Waals surface area contributed by atoms with Crippen molar-refractivity contribution in [2.45, 2.75) is 19.6 Å². The van der Waals surface area contributed by atoms with Crippen LogP contribution in [0.4, 0.5) is 18.9 Å². The highest BCUT2D eigenvalue weighted by molar-refractivity contribution is 5.91. The number of hydrogen-bond acceptors (Lipinski definition) is 3. The van der Waals surface area contributed by atoms with Crippen molar-refractivity contribution in [3.63, 3.8) is 0 Å². The Kier molecular flexibility index (Phi) is 4.50. The molecular formula is C18H14F3N3O2. The van der Waals surface area contributed by atoms with Gasteiger partial charge in [0.25, 0.3) is 5.56 Å². The molecule has 0 bridgehead atoms. The van der Waals surface area contributed by atoms with Crippen molar-refractivity contribution >= 4 is 22.4 Å². The molecule has 0 fully saturated rings. The molecule has 1 aromatic heterocycles. The Morgan fingerprint density at radius 1 is 1.19 bits per heavy atom. The van der Waals surface area contributed by atoms with Crippen molar-refractivity contribution in [2.75, 3.05) is 5.32 Å². The van der Waals surface area contributed by atoms with Crippen LogP contribution in [0.5, 0.6) is 0 Å². The van der Waals surface area contributed by atoms with Crippen LogP contribution in [0.3, 0.4) is 0 Å². The zero-order chi connectivity index (χ0) is 18.9. The molecule has 0 saturated heterocycles. The number of rotatable bonds is 3. The van der Waals surface area contributed by atoms with E-state index in [0.29, 0.717) is 10.8 Å². The Balaban J connectivity index is 1.82. The van der Waals surface area contributed by atoms with Gasteiger partial charge in [0.1, 0.15) is 6.54 Å². The summed E-state index contributed by atoms with van der Waals surface area (Å²) in [6.45, 7) is 0.936. The van der Waals surface area contributed by atoms with Gasteiger partial charge in [-0.3, -0.25) is 9.59 Å². The molecular weight excluding hydrogens is 347 g/mol. The number of carbonyl (C=O) groups is 1. The molecule has 0 aliphatic heterocycles. The van der Waals surface area contributed by atoms with Crippen LogP contribution < -0.4 is 10.9 Å². The molecule has 8 heteroatoms. The molecule has 1 amide bonds. The third-order valence-corrected chi connectivity index (χ3v) is 3.88. The van der Waals surface area contributed by atoms with E-state index in [4.69, 9.17) is 0 Å². The Morgan fingerprint density at radius 3 is 2.65 bits per heavy atom. The zero-order valence-electron chi connectivity index (χ0n) is 13.7. The van der Waals surface area contributed by atoms with E-state index < -0.39 is 29.8 Å². The van der Waals surface area contributed by atoms with Crippen molar-refractivity contribution in [1.29, 1.82) is 0 Å². The van der Waals surface area contributed by atoms with Crippen LogP contribution in [-0.2, 0) is 17.5 Å². The number of fused-ring (bicyclic) bond motifs is 1. The minimum Gasteiger partial charge on any atom is -0.324 e. The molecule has 26 heavy (non-hydrogen) atoms. The molecule has 1 N–H and O–H groups in total. The number of nitrogens with one attached hydrogen (secondary N) is 1. The first-order valence-electron chi connectivity index (χ1n) is 7.68. The van der Waals surface area contributed by atoms with Crippen LogP contribution in [0.1, 0.15) is 11.1 Å². The van der Waals surface area contributed by atoms with Crippen molar-refractivity contribution in [3.05, 3.63) is 70.1 Å². The van der Waals surface area contributed by atoms with Crippen LogP contribution in [0.2, 0.25) is 0 Å². The number of aromatic nitrogens is 2. The van der Waals surface area contributed by atoms with Crippen LogP contribution in [0, 0.1) is 6.92 Å². The molecule has 1 heterocycles. The third-order valence-electron chi connectivity index (χ3n) is 3.88. The van der Waals surface area contributed by atoms with Crippen molar-refractivity contribution in [3.8, 4) is 0 Å². The number of alkyl halides is 3. The number of carbonyl (C=O) groups excluding carboxylic acids is 1. The van der Waals surface area contributed by atoms with E-state index in [-0.39, 0.29) is 11.3 Å². The lowest BCUT2D eigenvalue weighted by Crippen LogP contribution is -2.29. The van der Waals surface area contributed by atoms with E-state index in [0.717, 1.165) is 10.7 Å². The van der Waals surface area contributed by atoms with Gasteiger partial charge >= 0.3 is 6.18 Å². The highest BCUT2D eigenvalue weighted by Crippen LogP contribution is 2.33. The standard InChI is InChI=1S/C18H14F3N3O2/c1-11-6-7-13(8-15(11)18(19,20)21)23-16(25)10-24-17(26)14-5-3-2-4-12(14)9-22-24/h2-9H,10H2,1H3,(H,23,25). The monoisotopic (exact) mass is 361 g/mol. The predicted molar refractivity (Wildman–Crippen MR) is 90.8 cm³/mol. The summed E-state index contributed by atoms with van der Waals surface area (Å²) in [5, 5.41) is 7.34. The van der Waals surface area contributed by atoms with Crippen LogP contribution >= 0.6 is 0 Å². The first-order chi connectivity index (χ1) is 12.3. The van der Waals surface area contributed by atoms with Gasteiger partial charge in [-0.25, -0.2) is 4.68 Å². The number of amides is 1. The average molecular weight is 361 g/mol. The Morgan fingerprint density at radius 2 is 1.92 bits per heavy atom. The smallest absolute Gasteiger partial charge is 0.324 e. The summed E-state index contributed by atoms with van der Waals surface area (Å²) in [4.78, 5) is 24.4. The fourth-order valence-corrected chi connectivity index (χ4v) is 2.58. The van der Waals surface area contributed by atoms with E-state index >= 15 is 0 Å². The number of nitrogens with zero attached hydrogens (tertiary/aromatic N) is 2. The van der Waals surface area contributed by atoms with Gasteiger partial charge in [0.05, 0.1) is 17.1 Å². The normalized spacial score (nSPS) is 11.5. The summed E-state index contributed by atoms with van der Waals surface area (Å²) >= 11 is 0. The second kappa shape index (κ2) is 6.62. The number of aryl methyl sites for hydroxylation is 1. The van der Waals surface area contributed by atoms with Crippen LogP contribution in [0.25, 0.3) is 10.8 Å². The molecule has 0 aliphatic rings. The van der Waals surface area contributed by atoms with Crippen molar-refractivity contribution in [1.82, 2.24) is 9.78 Å². The Bertz CT molecular complexity index is 1040. The van der Waals surface area contributed by atoms with Gasteiger partial charge in [-0.15, -0.1) is 0 Å². The van der Waals surface area contributed by atoms with Crippen LogP contribution in [0.15, 0.2) is 53.5 Å². The van der Waals surface area contributed by atoms with E-state index in [9.17, 15) is 22.8 Å². The first kappa shape index (κ1) is 17.7. The largest absolute Gasteiger partial charge is 0.416 e. The second-order valence-electron chi connectivity index (χ2n) is 5.77. The van der Waals surface area contributed by atoms with Gasteiger partial charge in [-0.1, -0.05) is 24.3 Å². The summed E-state index contributed by atoms with van der Waals surface area (Å²) in [5.41, 5.74) is -1.21. The molecule has 0 atom stereocenters. The molecule has 3 rings (SSSR count). The molecule has 0 aliphatic carbocycles. The SMILES string of the molecule is Cc1ccc(NC(=O)Cn2ncc3ccccc3c2=O)cc1C(F)(F)F. The van der Waals surface area contributed by atoms with Gasteiger partial charge in [0.15, 0.2) is 0 Å². The zero-order valence-corrected chi connectivity index (χ0v) is 13.7. The number of anilines is 1. The molecule has 0 radical (unpaired) electrons. The van der Waals surface area contributed by atoms with E-state index in [1.165, 1.54) is 25.3 Å². The highest BCUT2D eigenvalue weighted by Gasteiger charge is 2.32. The fourth-order valence-electron chi connectivity index (χ4n) is 2.58.